The van der Waals surface area contributed by atoms with Crippen LogP contribution in [-0.4, -0.2) is 43.2 Å². The van der Waals surface area contributed by atoms with Crippen LogP contribution in [0.1, 0.15) is 11.1 Å². The van der Waals surface area contributed by atoms with E-state index in [0.29, 0.717) is 11.4 Å². The van der Waals surface area contributed by atoms with Crippen LogP contribution >= 0.6 is 11.8 Å². The van der Waals surface area contributed by atoms with E-state index in [1.807, 2.05) is 6.92 Å². The predicted molar refractivity (Wildman–Crippen MR) is 107 cm³/mol. The summed E-state index contributed by atoms with van der Waals surface area (Å²) in [6.07, 6.45) is 0. The number of hydrogen-bond donors (Lipinski definition) is 1. The molecule has 0 heterocycles. The molecular formula is C20H24N2O3S. The molecule has 138 valence electrons. The standard InChI is InChI=1S/C20H24N2O3S/c1-15-4-6-16(7-5-15)13-26-14-20(24)22(2)12-19(23)21-17-8-10-18(25-3)11-9-17/h4-11H,12-14H2,1-3H3,(H,21,23). The van der Waals surface area contributed by atoms with Crippen molar-refractivity contribution in [2.45, 2.75) is 12.7 Å². The van der Waals surface area contributed by atoms with Crippen molar-refractivity contribution in [1.29, 1.82) is 0 Å². The van der Waals surface area contributed by atoms with Crippen LogP contribution in [0.3, 0.4) is 0 Å². The van der Waals surface area contributed by atoms with Crippen molar-refractivity contribution in [2.75, 3.05) is 31.8 Å². The van der Waals surface area contributed by atoms with E-state index in [9.17, 15) is 9.59 Å². The van der Waals surface area contributed by atoms with E-state index in [2.05, 4.69) is 29.6 Å². The van der Waals surface area contributed by atoms with Crippen LogP contribution in [0, 0.1) is 6.92 Å². The van der Waals surface area contributed by atoms with Gasteiger partial charge in [0.2, 0.25) is 11.8 Å². The normalized spacial score (nSPS) is 10.3. The van der Waals surface area contributed by atoms with Crippen LogP contribution in [0.4, 0.5) is 5.69 Å². The molecule has 0 aliphatic carbocycles. The predicted octanol–water partition coefficient (Wildman–Crippen LogP) is 3.33. The molecule has 0 fully saturated rings. The fourth-order valence-electron chi connectivity index (χ4n) is 2.23. The molecule has 2 amide bonds. The highest BCUT2D eigenvalue weighted by atomic mass is 32.2. The number of ether oxygens (including phenoxy) is 1. The molecule has 0 bridgehead atoms. The molecule has 2 rings (SSSR count). The van der Waals surface area contributed by atoms with E-state index in [1.54, 1.807) is 50.2 Å². The summed E-state index contributed by atoms with van der Waals surface area (Å²) in [5.74, 6) is 1.56. The second kappa shape index (κ2) is 9.87. The number of benzene rings is 2. The van der Waals surface area contributed by atoms with Gasteiger partial charge in [0.25, 0.3) is 0 Å². The van der Waals surface area contributed by atoms with Gasteiger partial charge in [0.05, 0.1) is 19.4 Å². The average molecular weight is 372 g/mol. The number of amides is 2. The fourth-order valence-corrected chi connectivity index (χ4v) is 3.15. The molecule has 0 unspecified atom stereocenters. The third-order valence-electron chi connectivity index (χ3n) is 3.80. The van der Waals surface area contributed by atoms with Crippen LogP contribution < -0.4 is 10.1 Å². The molecule has 0 aliphatic heterocycles. The number of aryl methyl sites for hydroxylation is 1. The van der Waals surface area contributed by atoms with E-state index in [-0.39, 0.29) is 18.4 Å². The molecule has 0 spiro atoms. The zero-order chi connectivity index (χ0) is 18.9. The molecular weight excluding hydrogens is 348 g/mol. The van der Waals surface area contributed by atoms with Gasteiger partial charge in [0, 0.05) is 18.5 Å². The van der Waals surface area contributed by atoms with Crippen LogP contribution in [-0.2, 0) is 15.3 Å². The Balaban J connectivity index is 1.72. The molecule has 26 heavy (non-hydrogen) atoms. The topological polar surface area (TPSA) is 58.6 Å². The average Bonchev–Trinajstić information content (AvgIpc) is 2.63. The van der Waals surface area contributed by atoms with E-state index < -0.39 is 0 Å². The highest BCUT2D eigenvalue weighted by molar-refractivity contribution is 7.99. The molecule has 2 aromatic rings. The molecule has 0 atom stereocenters. The molecule has 1 N–H and O–H groups in total. The summed E-state index contributed by atoms with van der Waals surface area (Å²) < 4.78 is 5.08. The Kier molecular flexibility index (Phi) is 7.53. The minimum atomic E-state index is -0.227. The summed E-state index contributed by atoms with van der Waals surface area (Å²) in [6.45, 7) is 2.07. The zero-order valence-electron chi connectivity index (χ0n) is 15.3. The van der Waals surface area contributed by atoms with Crippen molar-refractivity contribution in [2.24, 2.45) is 0 Å². The quantitative estimate of drug-likeness (QED) is 0.772. The van der Waals surface area contributed by atoms with Crippen molar-refractivity contribution >= 4 is 29.3 Å². The van der Waals surface area contributed by atoms with Gasteiger partial charge < -0.3 is 15.0 Å². The first-order valence-corrected chi connectivity index (χ1v) is 9.44. The number of thioether (sulfide) groups is 1. The number of carbonyl (C=O) groups is 2. The number of nitrogens with zero attached hydrogens (tertiary/aromatic N) is 1. The second-order valence-electron chi connectivity index (χ2n) is 6.00. The summed E-state index contributed by atoms with van der Waals surface area (Å²) >= 11 is 1.55. The molecule has 0 aromatic heterocycles. The van der Waals surface area contributed by atoms with Crippen molar-refractivity contribution in [3.63, 3.8) is 0 Å². The van der Waals surface area contributed by atoms with Gasteiger partial charge in [-0.3, -0.25) is 9.59 Å². The first-order chi connectivity index (χ1) is 12.5. The third kappa shape index (κ3) is 6.44. The van der Waals surface area contributed by atoms with Gasteiger partial charge in [0.1, 0.15) is 5.75 Å². The number of methoxy groups -OCH3 is 1. The minimum Gasteiger partial charge on any atom is -0.497 e. The van der Waals surface area contributed by atoms with E-state index in [4.69, 9.17) is 4.74 Å². The maximum atomic E-state index is 12.2. The minimum absolute atomic E-state index is 0.0238. The highest BCUT2D eigenvalue weighted by Crippen LogP contribution is 2.15. The summed E-state index contributed by atoms with van der Waals surface area (Å²) in [5.41, 5.74) is 3.08. The van der Waals surface area contributed by atoms with Gasteiger partial charge in [-0.05, 0) is 36.8 Å². The van der Waals surface area contributed by atoms with Crippen LogP contribution in [0.5, 0.6) is 5.75 Å². The lowest BCUT2D eigenvalue weighted by Crippen LogP contribution is -2.35. The molecule has 6 heteroatoms. The third-order valence-corrected chi connectivity index (χ3v) is 4.78. The number of nitrogens with one attached hydrogen (secondary N) is 1. The number of hydrogen-bond acceptors (Lipinski definition) is 4. The first-order valence-electron chi connectivity index (χ1n) is 8.29. The van der Waals surface area contributed by atoms with Gasteiger partial charge in [-0.1, -0.05) is 29.8 Å². The van der Waals surface area contributed by atoms with Gasteiger partial charge in [-0.2, -0.15) is 0 Å². The smallest absolute Gasteiger partial charge is 0.243 e. The van der Waals surface area contributed by atoms with E-state index in [1.165, 1.54) is 16.0 Å². The molecule has 0 aliphatic rings. The number of carbonyl (C=O) groups excluding carboxylic acids is 2. The van der Waals surface area contributed by atoms with E-state index >= 15 is 0 Å². The lowest BCUT2D eigenvalue weighted by Gasteiger charge is -2.16. The van der Waals surface area contributed by atoms with Gasteiger partial charge in [0.15, 0.2) is 0 Å². The highest BCUT2D eigenvalue weighted by Gasteiger charge is 2.13. The molecule has 0 saturated heterocycles. The van der Waals surface area contributed by atoms with Crippen molar-refractivity contribution in [3.8, 4) is 5.75 Å². The summed E-state index contributed by atoms with van der Waals surface area (Å²) in [5, 5.41) is 2.77. The van der Waals surface area contributed by atoms with Gasteiger partial charge in [-0.25, -0.2) is 0 Å². The van der Waals surface area contributed by atoms with Crippen LogP contribution in [0.15, 0.2) is 48.5 Å². The van der Waals surface area contributed by atoms with Crippen molar-refractivity contribution < 1.29 is 14.3 Å². The maximum Gasteiger partial charge on any atom is 0.243 e. The first kappa shape index (κ1) is 19.8. The number of rotatable bonds is 8. The maximum absolute atomic E-state index is 12.2. The largest absolute Gasteiger partial charge is 0.497 e. The molecule has 0 radical (unpaired) electrons. The molecule has 0 saturated carbocycles. The van der Waals surface area contributed by atoms with Crippen molar-refractivity contribution in [3.05, 3.63) is 59.7 Å². The van der Waals surface area contributed by atoms with Crippen LogP contribution in [0.25, 0.3) is 0 Å². The Hall–Kier alpha value is -2.47. The zero-order valence-corrected chi connectivity index (χ0v) is 16.1. The number of anilines is 1. The summed E-state index contributed by atoms with van der Waals surface area (Å²) in [6, 6.07) is 15.3. The Bertz CT molecular complexity index is 730. The Morgan fingerprint density at radius 2 is 1.73 bits per heavy atom. The summed E-state index contributed by atoms with van der Waals surface area (Å²) in [4.78, 5) is 25.7. The second-order valence-corrected chi connectivity index (χ2v) is 6.99. The Morgan fingerprint density at radius 3 is 2.35 bits per heavy atom. The molecule has 2 aromatic carbocycles. The number of likely N-dealkylation sites (N-methyl/N-ethyl adjacent to an activating group) is 1. The lowest BCUT2D eigenvalue weighted by molar-refractivity contribution is -0.131. The van der Waals surface area contributed by atoms with Gasteiger partial charge >= 0.3 is 0 Å². The lowest BCUT2D eigenvalue weighted by atomic mass is 10.2. The fraction of sp³-hybridized carbons (Fsp3) is 0.300. The SMILES string of the molecule is COc1ccc(NC(=O)CN(C)C(=O)CSCc2ccc(C)cc2)cc1. The Labute approximate surface area is 158 Å². The van der Waals surface area contributed by atoms with Gasteiger partial charge in [-0.15, -0.1) is 11.8 Å². The summed E-state index contributed by atoms with van der Waals surface area (Å²) in [7, 11) is 3.23. The van der Waals surface area contributed by atoms with Crippen LogP contribution in [0.2, 0.25) is 0 Å². The van der Waals surface area contributed by atoms with E-state index in [0.717, 1.165) is 11.5 Å². The van der Waals surface area contributed by atoms with Crippen molar-refractivity contribution in [1.82, 2.24) is 4.90 Å². The Morgan fingerprint density at radius 1 is 1.08 bits per heavy atom. The monoisotopic (exact) mass is 372 g/mol. The molecule has 5 nitrogen and oxygen atoms in total.